The Bertz CT molecular complexity index is 919. The van der Waals surface area contributed by atoms with Crippen molar-refractivity contribution in [2.24, 2.45) is 0 Å². The van der Waals surface area contributed by atoms with Crippen molar-refractivity contribution >= 4 is 29.0 Å². The van der Waals surface area contributed by atoms with E-state index in [-0.39, 0.29) is 23.8 Å². The zero-order valence-electron chi connectivity index (χ0n) is 16.5. The molecule has 2 aliphatic heterocycles. The van der Waals surface area contributed by atoms with Crippen LogP contribution in [0.5, 0.6) is 0 Å². The van der Waals surface area contributed by atoms with Gasteiger partial charge in [0.2, 0.25) is 5.91 Å². The number of benzene rings is 2. The molecule has 0 spiro atoms. The van der Waals surface area contributed by atoms with Crippen molar-refractivity contribution in [1.82, 2.24) is 4.90 Å². The van der Waals surface area contributed by atoms with Gasteiger partial charge in [-0.25, -0.2) is 9.18 Å². The Labute approximate surface area is 169 Å². The molecule has 2 saturated heterocycles. The number of nitrogens with zero attached hydrogens (tertiary/aromatic N) is 3. The van der Waals surface area contributed by atoms with Gasteiger partial charge in [0, 0.05) is 50.0 Å². The highest BCUT2D eigenvalue weighted by atomic mass is 19.1. The molecule has 2 heterocycles. The number of carbonyl (C=O) groups excluding carboxylic acids is 2. The van der Waals surface area contributed by atoms with Gasteiger partial charge in [0.05, 0.1) is 5.69 Å². The van der Waals surface area contributed by atoms with Crippen LogP contribution in [0.4, 0.5) is 26.2 Å². The minimum atomic E-state index is -0.245. The first-order chi connectivity index (χ1) is 14.0. The molecule has 1 N–H and O–H groups in total. The number of urea groups is 1. The van der Waals surface area contributed by atoms with Crippen LogP contribution in [-0.4, -0.2) is 49.1 Å². The Kier molecular flexibility index (Phi) is 5.38. The zero-order valence-corrected chi connectivity index (χ0v) is 16.5. The minimum Gasteiger partial charge on any atom is -0.365 e. The predicted molar refractivity (Wildman–Crippen MR) is 112 cm³/mol. The highest BCUT2D eigenvalue weighted by Gasteiger charge is 2.29. The van der Waals surface area contributed by atoms with E-state index in [4.69, 9.17) is 0 Å². The molecule has 2 aromatic rings. The van der Waals surface area contributed by atoms with Crippen LogP contribution in [0.1, 0.15) is 19.8 Å². The van der Waals surface area contributed by atoms with E-state index in [2.05, 4.69) is 5.32 Å². The van der Waals surface area contributed by atoms with Crippen molar-refractivity contribution < 1.29 is 14.0 Å². The summed E-state index contributed by atoms with van der Waals surface area (Å²) in [6.07, 6.45) is 1.43. The minimum absolute atomic E-state index is 0.0632. The molecule has 0 saturated carbocycles. The largest absolute Gasteiger partial charge is 0.365 e. The highest BCUT2D eigenvalue weighted by molar-refractivity contribution is 5.96. The van der Waals surface area contributed by atoms with Gasteiger partial charge < -0.3 is 20.0 Å². The molecule has 2 aromatic carbocycles. The Morgan fingerprint density at radius 3 is 2.66 bits per heavy atom. The van der Waals surface area contributed by atoms with Gasteiger partial charge in [-0.1, -0.05) is 18.2 Å². The van der Waals surface area contributed by atoms with Gasteiger partial charge in [-0.2, -0.15) is 0 Å². The Morgan fingerprint density at radius 2 is 1.93 bits per heavy atom. The fraction of sp³-hybridized carbons (Fsp3) is 0.364. The summed E-state index contributed by atoms with van der Waals surface area (Å²) in [5, 5.41) is 2.94. The van der Waals surface area contributed by atoms with E-state index >= 15 is 0 Å². The molecule has 152 valence electrons. The van der Waals surface area contributed by atoms with Crippen LogP contribution in [0, 0.1) is 5.82 Å². The second-order valence-corrected chi connectivity index (χ2v) is 7.57. The number of carbonyl (C=O) groups is 2. The number of anilines is 3. The van der Waals surface area contributed by atoms with Crippen molar-refractivity contribution in [1.29, 1.82) is 0 Å². The van der Waals surface area contributed by atoms with E-state index in [1.54, 1.807) is 21.9 Å². The molecule has 4 rings (SSSR count). The number of piperazine rings is 1. The van der Waals surface area contributed by atoms with Gasteiger partial charge in [-0.3, -0.25) is 4.79 Å². The molecule has 0 aromatic heterocycles. The maximum atomic E-state index is 14.1. The van der Waals surface area contributed by atoms with E-state index in [0.29, 0.717) is 44.0 Å². The first-order valence-electron chi connectivity index (χ1n) is 10.0. The summed E-state index contributed by atoms with van der Waals surface area (Å²) in [5.74, 6) is -0.128. The van der Waals surface area contributed by atoms with Crippen LogP contribution in [0.15, 0.2) is 48.5 Å². The summed E-state index contributed by atoms with van der Waals surface area (Å²) < 4.78 is 14.1. The first-order valence-corrected chi connectivity index (χ1v) is 10.0. The molecule has 29 heavy (non-hydrogen) atoms. The number of hydrogen-bond acceptors (Lipinski definition) is 3. The van der Waals surface area contributed by atoms with Crippen molar-refractivity contribution in [2.45, 2.75) is 25.8 Å². The molecular weight excluding hydrogens is 371 g/mol. The van der Waals surface area contributed by atoms with Crippen LogP contribution in [0.25, 0.3) is 0 Å². The summed E-state index contributed by atoms with van der Waals surface area (Å²) in [6, 6.07) is 13.9. The lowest BCUT2D eigenvalue weighted by molar-refractivity contribution is -0.117. The summed E-state index contributed by atoms with van der Waals surface area (Å²) in [4.78, 5) is 30.3. The number of para-hydroxylation sites is 1. The molecule has 6 nitrogen and oxygen atoms in total. The fourth-order valence-electron chi connectivity index (χ4n) is 4.05. The molecule has 0 radical (unpaired) electrons. The van der Waals surface area contributed by atoms with Crippen LogP contribution >= 0.6 is 0 Å². The van der Waals surface area contributed by atoms with E-state index in [1.165, 1.54) is 6.07 Å². The number of halogens is 1. The van der Waals surface area contributed by atoms with Crippen molar-refractivity contribution in [3.8, 4) is 0 Å². The lowest BCUT2D eigenvalue weighted by Crippen LogP contribution is -2.55. The lowest BCUT2D eigenvalue weighted by atomic mass is 10.1. The van der Waals surface area contributed by atoms with Gasteiger partial charge in [0.25, 0.3) is 0 Å². The summed E-state index contributed by atoms with van der Waals surface area (Å²) in [5.41, 5.74) is 2.04. The summed E-state index contributed by atoms with van der Waals surface area (Å²) in [6.45, 7) is 4.32. The zero-order chi connectivity index (χ0) is 20.4. The number of nitrogens with one attached hydrogen (secondary N) is 1. The smallest absolute Gasteiger partial charge is 0.322 e. The summed E-state index contributed by atoms with van der Waals surface area (Å²) >= 11 is 0. The van der Waals surface area contributed by atoms with Crippen molar-refractivity contribution in [3.63, 3.8) is 0 Å². The Morgan fingerprint density at radius 1 is 1.10 bits per heavy atom. The van der Waals surface area contributed by atoms with E-state index in [1.807, 2.05) is 42.2 Å². The predicted octanol–water partition coefficient (Wildman–Crippen LogP) is 3.70. The number of amides is 3. The molecule has 3 amide bonds. The molecule has 0 aliphatic carbocycles. The van der Waals surface area contributed by atoms with Crippen molar-refractivity contribution in [3.05, 3.63) is 54.3 Å². The molecule has 1 atom stereocenters. The van der Waals surface area contributed by atoms with E-state index < -0.39 is 0 Å². The fourth-order valence-corrected chi connectivity index (χ4v) is 4.05. The third kappa shape index (κ3) is 4.04. The monoisotopic (exact) mass is 396 g/mol. The normalized spacial score (nSPS) is 19.6. The molecule has 2 aliphatic rings. The number of rotatable bonds is 3. The van der Waals surface area contributed by atoms with Crippen LogP contribution in [-0.2, 0) is 4.79 Å². The van der Waals surface area contributed by atoms with Gasteiger partial charge in [-0.15, -0.1) is 0 Å². The third-order valence-corrected chi connectivity index (χ3v) is 5.56. The Hall–Kier alpha value is -3.09. The highest BCUT2D eigenvalue weighted by Crippen LogP contribution is 2.26. The summed E-state index contributed by atoms with van der Waals surface area (Å²) in [7, 11) is 0. The maximum Gasteiger partial charge on any atom is 0.322 e. The first kappa shape index (κ1) is 19.2. The van der Waals surface area contributed by atoms with Gasteiger partial charge in [0.15, 0.2) is 0 Å². The third-order valence-electron chi connectivity index (χ3n) is 5.56. The molecule has 2 fully saturated rings. The topological polar surface area (TPSA) is 55.9 Å². The van der Waals surface area contributed by atoms with Crippen molar-refractivity contribution in [2.75, 3.05) is 41.3 Å². The molecule has 7 heteroatoms. The SMILES string of the molecule is C[C@H]1CN(c2ccccc2F)CCN1C(=O)Nc1cccc(N2CCCC2=O)c1. The molecule has 0 unspecified atom stereocenters. The van der Waals surface area contributed by atoms with Crippen LogP contribution < -0.4 is 15.1 Å². The maximum absolute atomic E-state index is 14.1. The van der Waals surface area contributed by atoms with Gasteiger partial charge >= 0.3 is 6.03 Å². The lowest BCUT2D eigenvalue weighted by Gasteiger charge is -2.41. The van der Waals surface area contributed by atoms with E-state index in [0.717, 1.165) is 12.1 Å². The van der Waals surface area contributed by atoms with Gasteiger partial charge in [-0.05, 0) is 43.7 Å². The Balaban J connectivity index is 1.41. The average Bonchev–Trinajstić information content (AvgIpc) is 3.14. The standard InChI is InChI=1S/C22H25FN4O2/c1-16-15-25(20-9-3-2-8-19(20)23)12-13-26(16)22(29)24-17-6-4-7-18(14-17)27-11-5-10-21(27)28/h2-4,6-9,14,16H,5,10-13,15H2,1H3,(H,24,29)/t16-/m0/s1. The molecule has 0 bridgehead atoms. The second-order valence-electron chi connectivity index (χ2n) is 7.57. The average molecular weight is 396 g/mol. The van der Waals surface area contributed by atoms with Crippen LogP contribution in [0.3, 0.4) is 0 Å². The van der Waals surface area contributed by atoms with Crippen LogP contribution in [0.2, 0.25) is 0 Å². The van der Waals surface area contributed by atoms with Gasteiger partial charge in [0.1, 0.15) is 5.82 Å². The van der Waals surface area contributed by atoms with E-state index in [9.17, 15) is 14.0 Å². The number of hydrogen-bond donors (Lipinski definition) is 1. The quantitative estimate of drug-likeness (QED) is 0.861. The second kappa shape index (κ2) is 8.11. The molecular formula is C22H25FN4O2.